The summed E-state index contributed by atoms with van der Waals surface area (Å²) in [5.41, 5.74) is 7.90. The molecule has 3 nitrogen and oxygen atoms in total. The van der Waals surface area contributed by atoms with E-state index in [0.29, 0.717) is 10.6 Å². The molecule has 0 amide bonds. The van der Waals surface area contributed by atoms with Gasteiger partial charge in [-0.2, -0.15) is 5.26 Å². The molecule has 1 aliphatic heterocycles. The molecule has 22 heavy (non-hydrogen) atoms. The van der Waals surface area contributed by atoms with Crippen LogP contribution >= 0.6 is 23.1 Å². The lowest BCUT2D eigenvalue weighted by Crippen LogP contribution is -2.15. The lowest BCUT2D eigenvalue weighted by Gasteiger charge is -2.19. The van der Waals surface area contributed by atoms with Crippen molar-refractivity contribution in [3.8, 4) is 11.8 Å². The molecule has 5 heteroatoms. The molecular weight excluding hydrogens is 312 g/mol. The van der Waals surface area contributed by atoms with Gasteiger partial charge in [-0.3, -0.25) is 0 Å². The summed E-state index contributed by atoms with van der Waals surface area (Å²) < 4.78 is 5.21. The molecule has 3 rings (SSSR count). The maximum absolute atomic E-state index is 9.49. The molecule has 2 atom stereocenters. The first-order valence-corrected chi connectivity index (χ1v) is 8.71. The van der Waals surface area contributed by atoms with Crippen molar-refractivity contribution in [3.63, 3.8) is 0 Å². The van der Waals surface area contributed by atoms with Gasteiger partial charge in [0.2, 0.25) is 0 Å². The third-order valence-corrected chi connectivity index (χ3v) is 5.92. The summed E-state index contributed by atoms with van der Waals surface area (Å²) in [6, 6.07) is 14.4. The molecule has 0 saturated carbocycles. The monoisotopic (exact) mass is 328 g/mol. The van der Waals surface area contributed by atoms with Crippen molar-refractivity contribution in [3.05, 3.63) is 62.8 Å². The third-order valence-electron chi connectivity index (χ3n) is 3.80. The van der Waals surface area contributed by atoms with Gasteiger partial charge in [-0.25, -0.2) is 0 Å². The quantitative estimate of drug-likeness (QED) is 0.925. The van der Waals surface area contributed by atoms with Crippen LogP contribution in [-0.2, 0) is 6.42 Å². The molecule has 112 valence electrons. The number of nitriles is 1. The predicted molar refractivity (Wildman–Crippen MR) is 92.0 cm³/mol. The second-order valence-corrected chi connectivity index (χ2v) is 7.39. The summed E-state index contributed by atoms with van der Waals surface area (Å²) in [6.07, 6.45) is 0.922. The van der Waals surface area contributed by atoms with E-state index in [2.05, 4.69) is 23.6 Å². The highest BCUT2D eigenvalue weighted by Crippen LogP contribution is 2.47. The number of hydrogen-bond acceptors (Lipinski definition) is 5. The van der Waals surface area contributed by atoms with Crippen LogP contribution < -0.4 is 10.5 Å². The third kappa shape index (κ3) is 2.85. The van der Waals surface area contributed by atoms with E-state index in [1.165, 1.54) is 4.88 Å². The first kappa shape index (κ1) is 15.0. The van der Waals surface area contributed by atoms with E-state index in [1.807, 2.05) is 24.3 Å². The zero-order valence-electron chi connectivity index (χ0n) is 12.2. The van der Waals surface area contributed by atoms with Crippen LogP contribution in [0, 0.1) is 11.3 Å². The Hall–Kier alpha value is -1.90. The fraction of sp³-hybridized carbons (Fsp3) is 0.235. The van der Waals surface area contributed by atoms with Crippen LogP contribution in [0.2, 0.25) is 0 Å². The van der Waals surface area contributed by atoms with Gasteiger partial charge in [-0.05, 0) is 35.6 Å². The molecule has 0 fully saturated rings. The molecule has 0 spiro atoms. The topological polar surface area (TPSA) is 59.0 Å². The van der Waals surface area contributed by atoms with Gasteiger partial charge in [-0.15, -0.1) is 23.1 Å². The van der Waals surface area contributed by atoms with Crippen LogP contribution in [0.4, 0.5) is 0 Å². The first-order chi connectivity index (χ1) is 10.7. The van der Waals surface area contributed by atoms with Crippen molar-refractivity contribution in [1.29, 1.82) is 5.26 Å². The van der Waals surface area contributed by atoms with Crippen LogP contribution in [0.15, 0.2) is 52.4 Å². The van der Waals surface area contributed by atoms with Crippen LogP contribution in [0.3, 0.4) is 0 Å². The Labute approximate surface area is 138 Å². The molecule has 2 heterocycles. The van der Waals surface area contributed by atoms with E-state index < -0.39 is 0 Å². The SMILES string of the molecule is COc1ccc([C@@H]2C(C#N)=C(N)S[C@@H]2Cc2cccs2)cc1. The highest BCUT2D eigenvalue weighted by atomic mass is 32.2. The van der Waals surface area contributed by atoms with Gasteiger partial charge in [0.25, 0.3) is 0 Å². The maximum Gasteiger partial charge on any atom is 0.118 e. The number of allylic oxidation sites excluding steroid dienone is 1. The van der Waals surface area contributed by atoms with Gasteiger partial charge in [0.05, 0.1) is 23.8 Å². The van der Waals surface area contributed by atoms with Crippen LogP contribution in [0.25, 0.3) is 0 Å². The number of thioether (sulfide) groups is 1. The van der Waals surface area contributed by atoms with Crippen LogP contribution in [0.1, 0.15) is 16.4 Å². The van der Waals surface area contributed by atoms with E-state index in [1.54, 1.807) is 30.2 Å². The Bertz CT molecular complexity index is 714. The normalized spacial score (nSPS) is 20.9. The van der Waals surface area contributed by atoms with Crippen LogP contribution in [-0.4, -0.2) is 12.4 Å². The molecule has 0 bridgehead atoms. The minimum Gasteiger partial charge on any atom is -0.497 e. The summed E-state index contributed by atoms with van der Waals surface area (Å²) >= 11 is 3.37. The van der Waals surface area contributed by atoms with Gasteiger partial charge in [0.1, 0.15) is 5.75 Å². The minimum atomic E-state index is 0.0445. The van der Waals surface area contributed by atoms with Gasteiger partial charge in [0, 0.05) is 16.0 Å². The van der Waals surface area contributed by atoms with E-state index in [9.17, 15) is 5.26 Å². The van der Waals surface area contributed by atoms with Crippen molar-refractivity contribution < 1.29 is 4.74 Å². The maximum atomic E-state index is 9.49. The van der Waals surface area contributed by atoms with E-state index in [-0.39, 0.29) is 11.2 Å². The molecule has 0 radical (unpaired) electrons. The summed E-state index contributed by atoms with van der Waals surface area (Å²) in [5.74, 6) is 0.864. The Balaban J connectivity index is 1.92. The standard InChI is InChI=1S/C17H16N2OS2/c1-20-12-6-4-11(5-7-12)16-14(10-18)17(19)22-15(16)9-13-3-2-8-21-13/h2-8,15-16H,9,19H2,1H3/t15-,16-/m1/s1. The average Bonchev–Trinajstić information content (AvgIpc) is 3.15. The van der Waals surface area contributed by atoms with Gasteiger partial charge >= 0.3 is 0 Å². The number of nitrogens with two attached hydrogens (primary N) is 1. The Kier molecular flexibility index (Phi) is 4.41. The highest BCUT2D eigenvalue weighted by Gasteiger charge is 2.36. The summed E-state index contributed by atoms with van der Waals surface area (Å²) in [7, 11) is 1.65. The Morgan fingerprint density at radius 1 is 1.27 bits per heavy atom. The number of ether oxygens (including phenoxy) is 1. The van der Waals surface area contributed by atoms with Crippen molar-refractivity contribution in [2.24, 2.45) is 5.73 Å². The Morgan fingerprint density at radius 2 is 2.05 bits per heavy atom. The minimum absolute atomic E-state index is 0.0445. The summed E-state index contributed by atoms with van der Waals surface area (Å²) in [4.78, 5) is 1.32. The second kappa shape index (κ2) is 6.47. The van der Waals surface area contributed by atoms with E-state index >= 15 is 0 Å². The van der Waals surface area contributed by atoms with Gasteiger partial charge < -0.3 is 10.5 Å². The molecule has 0 unspecified atom stereocenters. The molecule has 2 N–H and O–H groups in total. The number of nitrogens with zero attached hydrogens (tertiary/aromatic N) is 1. The number of thiophene rings is 1. The molecule has 1 aliphatic rings. The summed E-state index contributed by atoms with van der Waals surface area (Å²) in [6.45, 7) is 0. The average molecular weight is 328 g/mol. The molecule has 1 aromatic carbocycles. The fourth-order valence-corrected chi connectivity index (χ4v) is 4.93. The number of rotatable bonds is 4. The highest BCUT2D eigenvalue weighted by molar-refractivity contribution is 8.04. The van der Waals surface area contributed by atoms with Crippen molar-refractivity contribution >= 4 is 23.1 Å². The van der Waals surface area contributed by atoms with Gasteiger partial charge in [-0.1, -0.05) is 18.2 Å². The summed E-state index contributed by atoms with van der Waals surface area (Å²) in [5, 5.41) is 12.5. The lowest BCUT2D eigenvalue weighted by atomic mass is 9.87. The number of methoxy groups -OCH3 is 1. The number of benzene rings is 1. The smallest absolute Gasteiger partial charge is 0.118 e. The van der Waals surface area contributed by atoms with Crippen molar-refractivity contribution in [2.75, 3.05) is 7.11 Å². The van der Waals surface area contributed by atoms with Gasteiger partial charge in [0.15, 0.2) is 0 Å². The molecule has 1 aromatic heterocycles. The van der Waals surface area contributed by atoms with Crippen molar-refractivity contribution in [2.45, 2.75) is 17.6 Å². The molecule has 2 aromatic rings. The first-order valence-electron chi connectivity index (χ1n) is 6.95. The zero-order valence-corrected chi connectivity index (χ0v) is 13.8. The fourth-order valence-electron chi connectivity index (χ4n) is 2.74. The largest absolute Gasteiger partial charge is 0.497 e. The van der Waals surface area contributed by atoms with Crippen LogP contribution in [0.5, 0.6) is 5.75 Å². The van der Waals surface area contributed by atoms with E-state index in [4.69, 9.17) is 10.5 Å². The molecule has 0 aliphatic carbocycles. The lowest BCUT2D eigenvalue weighted by molar-refractivity contribution is 0.414. The van der Waals surface area contributed by atoms with E-state index in [0.717, 1.165) is 17.7 Å². The predicted octanol–water partition coefficient (Wildman–Crippen LogP) is 3.89. The number of hydrogen-bond donors (Lipinski definition) is 1. The Morgan fingerprint density at radius 3 is 2.64 bits per heavy atom. The second-order valence-electron chi connectivity index (χ2n) is 5.08. The molecule has 0 saturated heterocycles. The zero-order chi connectivity index (χ0) is 15.5. The van der Waals surface area contributed by atoms with Crippen molar-refractivity contribution in [1.82, 2.24) is 0 Å². The molecular formula is C17H16N2OS2.